The van der Waals surface area contributed by atoms with E-state index in [4.69, 9.17) is 39.5 Å². The summed E-state index contributed by atoms with van der Waals surface area (Å²) < 4.78 is 3.90. The summed E-state index contributed by atoms with van der Waals surface area (Å²) in [6.45, 7) is 1.30. The average Bonchev–Trinajstić information content (AvgIpc) is 2.08. The molecule has 4 heteroatoms. The molecule has 0 unspecified atom stereocenters. The Morgan fingerprint density at radius 3 is 2.22 bits per heavy atom. The highest BCUT2D eigenvalue weighted by Gasteiger charge is 2.35. The molecule has 54 valence electrons. The minimum absolute atomic E-state index is 0.0856. The molecule has 0 spiro atoms. The molecule has 1 heterocycles. The van der Waals surface area contributed by atoms with Crippen molar-refractivity contribution < 1.29 is 4.74 Å². The quantitative estimate of drug-likeness (QED) is 0.532. The third kappa shape index (κ3) is 2.15. The third-order valence-electron chi connectivity index (χ3n) is 1.39. The van der Waals surface area contributed by atoms with Gasteiger partial charge in [-0.05, 0) is 6.42 Å². The van der Waals surface area contributed by atoms with Gasteiger partial charge in [0.2, 0.25) is 0 Å². The van der Waals surface area contributed by atoms with E-state index in [1.54, 1.807) is 0 Å². The molecule has 1 aliphatic rings. The minimum Gasteiger partial charge on any atom is -0.381 e. The van der Waals surface area contributed by atoms with Gasteiger partial charge in [-0.3, -0.25) is 0 Å². The standard InChI is InChI=1S/C5H7Cl3O/c6-5(7,8)4-1-2-9-3-4/h4H,1-3H2/t4-/m0/s1. The molecule has 0 saturated carbocycles. The van der Waals surface area contributed by atoms with Gasteiger partial charge in [-0.1, -0.05) is 34.8 Å². The molecule has 0 bridgehead atoms. The van der Waals surface area contributed by atoms with Gasteiger partial charge in [0.15, 0.2) is 3.79 Å². The Bertz CT molecular complexity index is 92.9. The van der Waals surface area contributed by atoms with E-state index in [0.29, 0.717) is 6.61 Å². The smallest absolute Gasteiger partial charge is 0.195 e. The molecule has 0 aromatic carbocycles. The van der Waals surface area contributed by atoms with Crippen molar-refractivity contribution in [3.8, 4) is 0 Å². The van der Waals surface area contributed by atoms with Crippen molar-refractivity contribution in [2.75, 3.05) is 13.2 Å². The van der Waals surface area contributed by atoms with Gasteiger partial charge >= 0.3 is 0 Å². The van der Waals surface area contributed by atoms with Crippen LogP contribution >= 0.6 is 34.8 Å². The molecule has 1 rings (SSSR count). The topological polar surface area (TPSA) is 9.23 Å². The van der Waals surface area contributed by atoms with Crippen molar-refractivity contribution in [3.05, 3.63) is 0 Å². The van der Waals surface area contributed by atoms with Crippen LogP contribution in [0.2, 0.25) is 0 Å². The Morgan fingerprint density at radius 1 is 1.33 bits per heavy atom. The molecule has 1 nitrogen and oxygen atoms in total. The van der Waals surface area contributed by atoms with Gasteiger partial charge in [-0.25, -0.2) is 0 Å². The lowest BCUT2D eigenvalue weighted by Gasteiger charge is -2.16. The highest BCUT2D eigenvalue weighted by atomic mass is 35.6. The van der Waals surface area contributed by atoms with E-state index < -0.39 is 3.79 Å². The van der Waals surface area contributed by atoms with Gasteiger partial charge < -0.3 is 4.74 Å². The molecule has 0 aromatic heterocycles. The normalized spacial score (nSPS) is 29.0. The van der Waals surface area contributed by atoms with Gasteiger partial charge in [0.05, 0.1) is 6.61 Å². The van der Waals surface area contributed by atoms with Crippen molar-refractivity contribution in [2.45, 2.75) is 10.2 Å². The molecule has 0 amide bonds. The first kappa shape index (κ1) is 7.93. The van der Waals surface area contributed by atoms with Crippen molar-refractivity contribution in [3.63, 3.8) is 0 Å². The third-order valence-corrected chi connectivity index (χ3v) is 2.32. The van der Waals surface area contributed by atoms with E-state index in [0.717, 1.165) is 13.0 Å². The fourth-order valence-corrected chi connectivity index (χ4v) is 1.31. The zero-order chi connectivity index (χ0) is 6.91. The predicted octanol–water partition coefficient (Wildman–Crippen LogP) is 2.39. The van der Waals surface area contributed by atoms with Crippen LogP contribution in [0.15, 0.2) is 0 Å². The van der Waals surface area contributed by atoms with Crippen molar-refractivity contribution >= 4 is 34.8 Å². The summed E-state index contributed by atoms with van der Waals surface area (Å²) in [5.41, 5.74) is 0. The fraction of sp³-hybridized carbons (Fsp3) is 1.00. The van der Waals surface area contributed by atoms with E-state index in [-0.39, 0.29) is 5.92 Å². The van der Waals surface area contributed by atoms with Gasteiger partial charge in [-0.15, -0.1) is 0 Å². The molecular formula is C5H7Cl3O. The number of alkyl halides is 3. The van der Waals surface area contributed by atoms with Crippen molar-refractivity contribution in [1.82, 2.24) is 0 Å². The maximum absolute atomic E-state index is 5.59. The van der Waals surface area contributed by atoms with E-state index in [1.165, 1.54) is 0 Å². The maximum atomic E-state index is 5.59. The summed E-state index contributed by atoms with van der Waals surface area (Å²) >= 11 is 16.8. The zero-order valence-electron chi connectivity index (χ0n) is 4.74. The van der Waals surface area contributed by atoms with Crippen LogP contribution in [0.5, 0.6) is 0 Å². The lowest BCUT2D eigenvalue weighted by atomic mass is 10.1. The largest absolute Gasteiger partial charge is 0.381 e. The summed E-state index contributed by atoms with van der Waals surface area (Å²) in [4.78, 5) is 0. The fourth-order valence-electron chi connectivity index (χ4n) is 0.793. The van der Waals surface area contributed by atoms with Gasteiger partial charge in [-0.2, -0.15) is 0 Å². The molecule has 0 N–H and O–H groups in total. The monoisotopic (exact) mass is 188 g/mol. The number of hydrogen-bond acceptors (Lipinski definition) is 1. The summed E-state index contributed by atoms with van der Waals surface area (Å²) in [5, 5.41) is 0. The lowest BCUT2D eigenvalue weighted by Crippen LogP contribution is -2.18. The summed E-state index contributed by atoms with van der Waals surface area (Å²) in [6, 6.07) is 0. The van der Waals surface area contributed by atoms with Crippen LogP contribution in [0.4, 0.5) is 0 Å². The van der Waals surface area contributed by atoms with Crippen molar-refractivity contribution in [2.24, 2.45) is 5.92 Å². The van der Waals surface area contributed by atoms with E-state index >= 15 is 0 Å². The molecule has 0 radical (unpaired) electrons. The van der Waals surface area contributed by atoms with Gasteiger partial charge in [0.25, 0.3) is 0 Å². The lowest BCUT2D eigenvalue weighted by molar-refractivity contribution is 0.186. The van der Waals surface area contributed by atoms with E-state index in [9.17, 15) is 0 Å². The number of hydrogen-bond donors (Lipinski definition) is 0. The van der Waals surface area contributed by atoms with Crippen LogP contribution in [0.25, 0.3) is 0 Å². The van der Waals surface area contributed by atoms with Crippen LogP contribution < -0.4 is 0 Å². The first-order chi connectivity index (χ1) is 4.11. The second kappa shape index (κ2) is 2.83. The van der Waals surface area contributed by atoms with Crippen LogP contribution in [0.1, 0.15) is 6.42 Å². The Morgan fingerprint density at radius 2 is 2.00 bits per heavy atom. The Hall–Kier alpha value is 0.830. The molecular weight excluding hydrogens is 182 g/mol. The van der Waals surface area contributed by atoms with Crippen LogP contribution in [0.3, 0.4) is 0 Å². The number of rotatable bonds is 0. The Balaban J connectivity index is 2.42. The minimum atomic E-state index is -1.13. The molecule has 1 fully saturated rings. The molecule has 0 aromatic rings. The van der Waals surface area contributed by atoms with Gasteiger partial charge in [0.1, 0.15) is 0 Å². The molecule has 9 heavy (non-hydrogen) atoms. The molecule has 1 aliphatic heterocycles. The van der Waals surface area contributed by atoms with E-state index in [1.807, 2.05) is 0 Å². The Kier molecular flexibility index (Phi) is 2.49. The SMILES string of the molecule is ClC(Cl)(Cl)[C@H]1CCOC1. The van der Waals surface area contributed by atoms with Gasteiger partial charge in [0, 0.05) is 12.5 Å². The molecule has 0 aliphatic carbocycles. The summed E-state index contributed by atoms with van der Waals surface area (Å²) in [5.74, 6) is 0.0856. The second-order valence-corrected chi connectivity index (χ2v) is 4.47. The number of halogens is 3. The predicted molar refractivity (Wildman–Crippen MR) is 39.2 cm³/mol. The van der Waals surface area contributed by atoms with Crippen LogP contribution in [0, 0.1) is 5.92 Å². The summed E-state index contributed by atoms with van der Waals surface area (Å²) in [7, 11) is 0. The van der Waals surface area contributed by atoms with Crippen molar-refractivity contribution in [1.29, 1.82) is 0 Å². The highest BCUT2D eigenvalue weighted by molar-refractivity contribution is 6.67. The average molecular weight is 189 g/mol. The van der Waals surface area contributed by atoms with Crippen LogP contribution in [-0.2, 0) is 4.74 Å². The van der Waals surface area contributed by atoms with E-state index in [2.05, 4.69) is 0 Å². The van der Waals surface area contributed by atoms with Crippen LogP contribution in [-0.4, -0.2) is 17.0 Å². The highest BCUT2D eigenvalue weighted by Crippen LogP contribution is 2.39. The zero-order valence-corrected chi connectivity index (χ0v) is 7.01. The second-order valence-electron chi connectivity index (χ2n) is 2.10. The summed E-state index contributed by atoms with van der Waals surface area (Å²) in [6.07, 6.45) is 0.858. The first-order valence-electron chi connectivity index (χ1n) is 2.75. The Labute approximate surface area is 69.2 Å². The molecule has 1 atom stereocenters. The molecule has 1 saturated heterocycles. The maximum Gasteiger partial charge on any atom is 0.195 e. The number of ether oxygens (including phenoxy) is 1. The first-order valence-corrected chi connectivity index (χ1v) is 3.88.